The second kappa shape index (κ2) is 4.47. The molecule has 1 amide bonds. The van der Waals surface area contributed by atoms with Gasteiger partial charge in [0.05, 0.1) is 18.8 Å². The number of rotatable bonds is 4. The fourth-order valence-corrected chi connectivity index (χ4v) is 1.82. The van der Waals surface area contributed by atoms with Gasteiger partial charge in [0.1, 0.15) is 0 Å². The van der Waals surface area contributed by atoms with Crippen LogP contribution in [0.4, 0.5) is 0 Å². The summed E-state index contributed by atoms with van der Waals surface area (Å²) in [6, 6.07) is 0. The summed E-state index contributed by atoms with van der Waals surface area (Å²) in [6.07, 6.45) is 1.03. The first kappa shape index (κ1) is 10.9. The molecule has 5 heteroatoms. The average molecular weight is 214 g/mol. The number of nitrogens with one attached hydrogen (secondary N) is 1. The van der Waals surface area contributed by atoms with Crippen molar-refractivity contribution in [1.82, 2.24) is 10.2 Å². The van der Waals surface area contributed by atoms with E-state index in [-0.39, 0.29) is 12.5 Å². The SMILES string of the molecule is O=C(CN1CC(O)C(O)C1)NCC1CC1. The van der Waals surface area contributed by atoms with Crippen LogP contribution in [-0.2, 0) is 4.79 Å². The van der Waals surface area contributed by atoms with E-state index in [4.69, 9.17) is 0 Å². The molecule has 2 rings (SSSR count). The third-order valence-corrected chi connectivity index (χ3v) is 2.99. The number of hydrogen-bond donors (Lipinski definition) is 3. The Morgan fingerprint density at radius 1 is 1.27 bits per heavy atom. The molecule has 86 valence electrons. The van der Waals surface area contributed by atoms with Crippen molar-refractivity contribution in [3.05, 3.63) is 0 Å². The Labute approximate surface area is 89.1 Å². The van der Waals surface area contributed by atoms with Gasteiger partial charge in [-0.25, -0.2) is 0 Å². The molecule has 2 unspecified atom stereocenters. The molecule has 0 aromatic rings. The zero-order valence-electron chi connectivity index (χ0n) is 8.72. The zero-order valence-corrected chi connectivity index (χ0v) is 8.72. The van der Waals surface area contributed by atoms with Crippen molar-refractivity contribution in [3.63, 3.8) is 0 Å². The number of hydrogen-bond acceptors (Lipinski definition) is 4. The van der Waals surface area contributed by atoms with Crippen LogP contribution < -0.4 is 5.32 Å². The molecule has 2 aliphatic rings. The van der Waals surface area contributed by atoms with E-state index in [1.54, 1.807) is 4.90 Å². The minimum Gasteiger partial charge on any atom is -0.389 e. The van der Waals surface area contributed by atoms with E-state index in [1.165, 1.54) is 12.8 Å². The number of amides is 1. The van der Waals surface area contributed by atoms with Gasteiger partial charge in [0, 0.05) is 19.6 Å². The molecule has 1 saturated heterocycles. The van der Waals surface area contributed by atoms with Crippen LogP contribution in [0.25, 0.3) is 0 Å². The lowest BCUT2D eigenvalue weighted by Crippen LogP contribution is -2.37. The summed E-state index contributed by atoms with van der Waals surface area (Å²) >= 11 is 0. The van der Waals surface area contributed by atoms with E-state index >= 15 is 0 Å². The summed E-state index contributed by atoms with van der Waals surface area (Å²) in [5, 5.41) is 21.4. The predicted octanol–water partition coefficient (Wildman–Crippen LogP) is -1.45. The minimum absolute atomic E-state index is 0.0109. The molecular weight excluding hydrogens is 196 g/mol. The summed E-state index contributed by atoms with van der Waals surface area (Å²) in [4.78, 5) is 13.2. The fourth-order valence-electron chi connectivity index (χ4n) is 1.82. The Hall–Kier alpha value is -0.650. The molecule has 1 saturated carbocycles. The van der Waals surface area contributed by atoms with Crippen LogP contribution in [0.2, 0.25) is 0 Å². The number of aliphatic hydroxyl groups excluding tert-OH is 2. The number of nitrogens with zero attached hydrogens (tertiary/aromatic N) is 1. The van der Waals surface area contributed by atoms with Crippen LogP contribution in [0.1, 0.15) is 12.8 Å². The molecule has 5 nitrogen and oxygen atoms in total. The van der Waals surface area contributed by atoms with Crippen molar-refractivity contribution in [2.75, 3.05) is 26.2 Å². The maximum Gasteiger partial charge on any atom is 0.234 e. The fraction of sp³-hybridized carbons (Fsp3) is 0.900. The number of likely N-dealkylation sites (tertiary alicyclic amines) is 1. The van der Waals surface area contributed by atoms with E-state index in [0.717, 1.165) is 6.54 Å². The second-order valence-corrected chi connectivity index (χ2v) is 4.58. The van der Waals surface area contributed by atoms with E-state index in [0.29, 0.717) is 19.0 Å². The Balaban J connectivity index is 1.65. The van der Waals surface area contributed by atoms with Crippen LogP contribution in [0.15, 0.2) is 0 Å². The van der Waals surface area contributed by atoms with Gasteiger partial charge in [-0.1, -0.05) is 0 Å². The first-order valence-corrected chi connectivity index (χ1v) is 5.50. The van der Waals surface area contributed by atoms with Crippen molar-refractivity contribution in [2.45, 2.75) is 25.0 Å². The van der Waals surface area contributed by atoms with Gasteiger partial charge in [0.15, 0.2) is 0 Å². The lowest BCUT2D eigenvalue weighted by atomic mass is 10.3. The Kier molecular flexibility index (Phi) is 3.23. The molecule has 2 fully saturated rings. The average Bonchev–Trinajstić information content (AvgIpc) is 2.93. The van der Waals surface area contributed by atoms with E-state index in [2.05, 4.69) is 5.32 Å². The van der Waals surface area contributed by atoms with Gasteiger partial charge in [0.2, 0.25) is 5.91 Å². The molecule has 0 radical (unpaired) electrons. The Morgan fingerprint density at radius 2 is 1.87 bits per heavy atom. The van der Waals surface area contributed by atoms with Gasteiger partial charge in [-0.3, -0.25) is 9.69 Å². The summed E-state index contributed by atoms with van der Waals surface area (Å²) in [7, 11) is 0. The largest absolute Gasteiger partial charge is 0.389 e. The van der Waals surface area contributed by atoms with Gasteiger partial charge in [0.25, 0.3) is 0 Å². The van der Waals surface area contributed by atoms with Crippen LogP contribution in [0, 0.1) is 5.92 Å². The van der Waals surface area contributed by atoms with Gasteiger partial charge in [-0.05, 0) is 18.8 Å². The predicted molar refractivity (Wildman–Crippen MR) is 54.2 cm³/mol. The normalized spacial score (nSPS) is 31.9. The van der Waals surface area contributed by atoms with Gasteiger partial charge in [-0.2, -0.15) is 0 Å². The highest BCUT2D eigenvalue weighted by Gasteiger charge is 2.30. The highest BCUT2D eigenvalue weighted by molar-refractivity contribution is 5.78. The van der Waals surface area contributed by atoms with Gasteiger partial charge >= 0.3 is 0 Å². The monoisotopic (exact) mass is 214 g/mol. The lowest BCUT2D eigenvalue weighted by Gasteiger charge is -2.13. The van der Waals surface area contributed by atoms with E-state index in [9.17, 15) is 15.0 Å². The smallest absolute Gasteiger partial charge is 0.234 e. The lowest BCUT2D eigenvalue weighted by molar-refractivity contribution is -0.122. The van der Waals surface area contributed by atoms with Crippen LogP contribution in [0.3, 0.4) is 0 Å². The van der Waals surface area contributed by atoms with Crippen LogP contribution in [-0.4, -0.2) is 59.4 Å². The van der Waals surface area contributed by atoms with Crippen LogP contribution >= 0.6 is 0 Å². The van der Waals surface area contributed by atoms with Crippen molar-refractivity contribution >= 4 is 5.91 Å². The number of carbonyl (C=O) groups is 1. The molecule has 15 heavy (non-hydrogen) atoms. The molecule has 1 aliphatic carbocycles. The molecule has 0 bridgehead atoms. The molecule has 0 spiro atoms. The van der Waals surface area contributed by atoms with E-state index in [1.807, 2.05) is 0 Å². The highest BCUT2D eigenvalue weighted by atomic mass is 16.3. The summed E-state index contributed by atoms with van der Waals surface area (Å²) in [5.41, 5.74) is 0. The first-order chi connectivity index (χ1) is 7.15. The molecule has 2 atom stereocenters. The third kappa shape index (κ3) is 3.15. The van der Waals surface area contributed by atoms with Crippen LogP contribution in [0.5, 0.6) is 0 Å². The summed E-state index contributed by atoms with van der Waals surface area (Å²) < 4.78 is 0. The quantitative estimate of drug-likeness (QED) is 0.535. The molecule has 0 aromatic heterocycles. The Bertz CT molecular complexity index is 233. The number of β-amino-alcohol motifs (C(OH)–C–C–N with tert-alkyl or cyclic N) is 2. The summed E-state index contributed by atoms with van der Waals surface area (Å²) in [6.45, 7) is 1.83. The van der Waals surface area contributed by atoms with Crippen molar-refractivity contribution in [3.8, 4) is 0 Å². The molecule has 1 aliphatic heterocycles. The Morgan fingerprint density at radius 3 is 2.40 bits per heavy atom. The zero-order chi connectivity index (χ0) is 10.8. The third-order valence-electron chi connectivity index (χ3n) is 2.99. The minimum atomic E-state index is -0.707. The molecule has 0 aromatic carbocycles. The standard InChI is InChI=1S/C10H18N2O3/c13-8-4-12(5-9(8)14)6-10(15)11-3-7-1-2-7/h7-9,13-14H,1-6H2,(H,11,15). The van der Waals surface area contributed by atoms with Gasteiger partial charge in [-0.15, -0.1) is 0 Å². The number of carbonyl (C=O) groups excluding carboxylic acids is 1. The maximum atomic E-state index is 11.4. The van der Waals surface area contributed by atoms with Crippen molar-refractivity contribution in [1.29, 1.82) is 0 Å². The van der Waals surface area contributed by atoms with Gasteiger partial charge < -0.3 is 15.5 Å². The topological polar surface area (TPSA) is 72.8 Å². The summed E-state index contributed by atoms with van der Waals surface area (Å²) in [5.74, 6) is 0.673. The number of aliphatic hydroxyl groups is 2. The van der Waals surface area contributed by atoms with E-state index < -0.39 is 12.2 Å². The molecule has 1 heterocycles. The van der Waals surface area contributed by atoms with Crippen molar-refractivity contribution in [2.24, 2.45) is 5.92 Å². The highest BCUT2D eigenvalue weighted by Crippen LogP contribution is 2.27. The molecular formula is C10H18N2O3. The maximum absolute atomic E-state index is 11.4. The second-order valence-electron chi connectivity index (χ2n) is 4.58. The molecule has 3 N–H and O–H groups in total. The van der Waals surface area contributed by atoms with Crippen molar-refractivity contribution < 1.29 is 15.0 Å². The first-order valence-electron chi connectivity index (χ1n) is 5.50.